The lowest BCUT2D eigenvalue weighted by Gasteiger charge is -1.96. The molecule has 2 N–H and O–H groups in total. The number of hydrogen-bond donors (Lipinski definition) is 2. The molecule has 0 saturated carbocycles. The van der Waals surface area contributed by atoms with E-state index in [0.717, 1.165) is 16.2 Å². The van der Waals surface area contributed by atoms with E-state index in [1.165, 1.54) is 18.0 Å². The van der Waals surface area contributed by atoms with Gasteiger partial charge < -0.3 is 14.5 Å². The molecule has 0 aliphatic heterocycles. The van der Waals surface area contributed by atoms with Gasteiger partial charge in [0.25, 0.3) is 0 Å². The summed E-state index contributed by atoms with van der Waals surface area (Å²) in [5, 5.41) is 9.70. The lowest BCUT2D eigenvalue weighted by atomic mass is 10.3. The lowest BCUT2D eigenvalue weighted by molar-refractivity contribution is 0.0661. The average molecular weight is 274 g/mol. The van der Waals surface area contributed by atoms with E-state index in [1.807, 2.05) is 24.3 Å². The normalized spacial score (nSPS) is 10.9. The van der Waals surface area contributed by atoms with E-state index in [-0.39, 0.29) is 5.76 Å². The molecular weight excluding hydrogens is 264 g/mol. The van der Waals surface area contributed by atoms with Crippen molar-refractivity contribution in [1.82, 2.24) is 9.97 Å². The summed E-state index contributed by atoms with van der Waals surface area (Å²) in [6.45, 7) is 0. The molecule has 0 atom stereocenters. The molecule has 2 aromatic heterocycles. The quantitative estimate of drug-likeness (QED) is 0.714. The molecule has 0 bridgehead atoms. The summed E-state index contributed by atoms with van der Waals surface area (Å²) in [5.74, 6) is -0.563. The summed E-state index contributed by atoms with van der Waals surface area (Å²) in [7, 11) is 0. The van der Waals surface area contributed by atoms with Gasteiger partial charge in [0.2, 0.25) is 5.76 Å². The molecule has 3 rings (SSSR count). The fourth-order valence-corrected chi connectivity index (χ4v) is 2.65. The largest absolute Gasteiger partial charge is 0.475 e. The number of nitrogens with one attached hydrogen (secondary N) is 1. The van der Waals surface area contributed by atoms with Crippen molar-refractivity contribution in [3.8, 4) is 0 Å². The highest BCUT2D eigenvalue weighted by atomic mass is 32.2. The number of carbonyl (C=O) groups is 1. The van der Waals surface area contributed by atoms with Crippen LogP contribution in [-0.4, -0.2) is 21.0 Å². The first-order valence-electron chi connectivity index (χ1n) is 5.61. The molecule has 0 spiro atoms. The highest BCUT2D eigenvalue weighted by Crippen LogP contribution is 2.25. The van der Waals surface area contributed by atoms with Crippen molar-refractivity contribution in [3.63, 3.8) is 0 Å². The minimum absolute atomic E-state index is 0.0105. The minimum atomic E-state index is -1.05. The number of aromatic amines is 1. The van der Waals surface area contributed by atoms with Gasteiger partial charge in [-0.25, -0.2) is 9.78 Å². The number of rotatable bonds is 4. The Morgan fingerprint density at radius 2 is 2.21 bits per heavy atom. The highest BCUT2D eigenvalue weighted by Gasteiger charge is 2.14. The Hall–Kier alpha value is -2.21. The van der Waals surface area contributed by atoms with E-state index in [0.29, 0.717) is 11.3 Å². The Labute approximate surface area is 112 Å². The molecule has 0 aliphatic rings. The number of aromatic carboxylic acids is 1. The van der Waals surface area contributed by atoms with Gasteiger partial charge >= 0.3 is 5.97 Å². The number of imidazole rings is 1. The molecule has 0 radical (unpaired) electrons. The number of aromatic nitrogens is 2. The van der Waals surface area contributed by atoms with Gasteiger partial charge in [-0.3, -0.25) is 0 Å². The second-order valence-corrected chi connectivity index (χ2v) is 4.89. The smallest absolute Gasteiger partial charge is 0.372 e. The average Bonchev–Trinajstić information content (AvgIpc) is 3.02. The van der Waals surface area contributed by atoms with Gasteiger partial charge in [-0.2, -0.15) is 0 Å². The number of H-pyrrole nitrogens is 1. The van der Waals surface area contributed by atoms with Crippen LogP contribution in [-0.2, 0) is 5.75 Å². The van der Waals surface area contributed by atoms with Crippen LogP contribution in [0.4, 0.5) is 0 Å². The Bertz CT molecular complexity index is 699. The number of nitrogens with zero attached hydrogens (tertiary/aromatic N) is 1. The molecule has 0 amide bonds. The van der Waals surface area contributed by atoms with E-state index in [1.54, 1.807) is 6.07 Å². The van der Waals surface area contributed by atoms with Crippen molar-refractivity contribution in [2.45, 2.75) is 10.9 Å². The molecule has 0 aliphatic carbocycles. The minimum Gasteiger partial charge on any atom is -0.475 e. The molecule has 0 saturated heterocycles. The maximum absolute atomic E-state index is 10.9. The summed E-state index contributed by atoms with van der Waals surface area (Å²) in [5.41, 5.74) is 2.52. The van der Waals surface area contributed by atoms with Crippen LogP contribution in [0, 0.1) is 0 Å². The van der Waals surface area contributed by atoms with Crippen LogP contribution in [0.1, 0.15) is 16.1 Å². The van der Waals surface area contributed by atoms with Crippen molar-refractivity contribution in [3.05, 3.63) is 47.9 Å². The van der Waals surface area contributed by atoms with E-state index < -0.39 is 5.97 Å². The Balaban J connectivity index is 1.78. The summed E-state index contributed by atoms with van der Waals surface area (Å²) in [6.07, 6.45) is 1.39. The number of para-hydroxylation sites is 2. The maximum Gasteiger partial charge on any atom is 0.372 e. The number of thioether (sulfide) groups is 1. The number of furan rings is 1. The molecule has 0 unspecified atom stereocenters. The fourth-order valence-electron chi connectivity index (χ4n) is 1.78. The molecule has 5 nitrogen and oxygen atoms in total. The molecule has 1 aromatic carbocycles. The highest BCUT2D eigenvalue weighted by molar-refractivity contribution is 7.98. The zero-order chi connectivity index (χ0) is 13.2. The van der Waals surface area contributed by atoms with Gasteiger partial charge in [0.05, 0.1) is 17.3 Å². The topological polar surface area (TPSA) is 79.1 Å². The monoisotopic (exact) mass is 274 g/mol. The molecule has 19 heavy (non-hydrogen) atoms. The third kappa shape index (κ3) is 2.34. The predicted octanol–water partition coefficient (Wildman–Crippen LogP) is 3.15. The van der Waals surface area contributed by atoms with Gasteiger partial charge in [0.15, 0.2) is 5.16 Å². The van der Waals surface area contributed by atoms with Gasteiger partial charge in [-0.05, 0) is 18.2 Å². The third-order valence-electron chi connectivity index (χ3n) is 2.67. The number of hydrogen-bond acceptors (Lipinski definition) is 4. The van der Waals surface area contributed by atoms with Gasteiger partial charge in [-0.15, -0.1) is 0 Å². The molecule has 6 heteroatoms. The van der Waals surface area contributed by atoms with E-state index in [9.17, 15) is 4.79 Å². The first-order valence-corrected chi connectivity index (χ1v) is 6.60. The van der Waals surface area contributed by atoms with Gasteiger partial charge in [0.1, 0.15) is 0 Å². The summed E-state index contributed by atoms with van der Waals surface area (Å²) < 4.78 is 4.93. The maximum atomic E-state index is 10.9. The number of carboxylic acid groups (broad SMARTS) is 1. The zero-order valence-corrected chi connectivity index (χ0v) is 10.6. The van der Waals surface area contributed by atoms with Crippen LogP contribution in [0.25, 0.3) is 11.0 Å². The fraction of sp³-hybridized carbons (Fsp3) is 0.0769. The molecule has 3 aromatic rings. The number of fused-ring (bicyclic) bond motifs is 1. The summed E-state index contributed by atoms with van der Waals surface area (Å²) >= 11 is 1.45. The molecular formula is C13H10N2O3S. The summed E-state index contributed by atoms with van der Waals surface area (Å²) in [6, 6.07) is 9.41. The number of carboxylic acids is 1. The first-order chi connectivity index (χ1) is 9.24. The van der Waals surface area contributed by atoms with Crippen molar-refractivity contribution in [2.24, 2.45) is 0 Å². The van der Waals surface area contributed by atoms with Crippen LogP contribution >= 0.6 is 11.8 Å². The van der Waals surface area contributed by atoms with Crippen molar-refractivity contribution >= 4 is 28.8 Å². The molecule has 0 fully saturated rings. The second-order valence-electron chi connectivity index (χ2n) is 3.93. The Kier molecular flexibility index (Phi) is 3.00. The second kappa shape index (κ2) is 4.81. The van der Waals surface area contributed by atoms with Crippen molar-refractivity contribution in [2.75, 3.05) is 0 Å². The van der Waals surface area contributed by atoms with E-state index >= 15 is 0 Å². The third-order valence-corrected chi connectivity index (χ3v) is 3.60. The lowest BCUT2D eigenvalue weighted by Crippen LogP contribution is -1.97. The predicted molar refractivity (Wildman–Crippen MR) is 71.3 cm³/mol. The summed E-state index contributed by atoms with van der Waals surface area (Å²) in [4.78, 5) is 18.5. The van der Waals surface area contributed by atoms with Gasteiger partial charge in [0, 0.05) is 11.3 Å². The van der Waals surface area contributed by atoms with Crippen LogP contribution in [0.15, 0.2) is 46.2 Å². The SMILES string of the molecule is O=C(O)c1occc1CSc1nc2ccccc2[nH]1. The molecule has 2 heterocycles. The van der Waals surface area contributed by atoms with Crippen molar-refractivity contribution < 1.29 is 14.3 Å². The van der Waals surface area contributed by atoms with Crippen LogP contribution in [0.5, 0.6) is 0 Å². The Morgan fingerprint density at radius 1 is 1.37 bits per heavy atom. The van der Waals surface area contributed by atoms with E-state index in [4.69, 9.17) is 9.52 Å². The van der Waals surface area contributed by atoms with Crippen LogP contribution in [0.3, 0.4) is 0 Å². The van der Waals surface area contributed by atoms with E-state index in [2.05, 4.69) is 9.97 Å². The standard InChI is InChI=1S/C13H10N2O3S/c16-12(17)11-8(5-6-18-11)7-19-13-14-9-3-1-2-4-10(9)15-13/h1-6H,7H2,(H,14,15)(H,16,17). The molecule has 96 valence electrons. The van der Waals surface area contributed by atoms with Gasteiger partial charge in [-0.1, -0.05) is 23.9 Å². The zero-order valence-electron chi connectivity index (χ0n) is 9.79. The van der Waals surface area contributed by atoms with Crippen molar-refractivity contribution in [1.29, 1.82) is 0 Å². The Morgan fingerprint density at radius 3 is 3.00 bits per heavy atom. The number of benzene rings is 1. The first kappa shape index (κ1) is 11.9. The van der Waals surface area contributed by atoms with Crippen LogP contribution < -0.4 is 0 Å². The van der Waals surface area contributed by atoms with Crippen LogP contribution in [0.2, 0.25) is 0 Å².